The Morgan fingerprint density at radius 1 is 0.889 bits per heavy atom. The van der Waals surface area contributed by atoms with Crippen LogP contribution in [-0.2, 0) is 0 Å². The third-order valence-electron chi connectivity index (χ3n) is 2.59. The number of hydrogen-bond acceptors (Lipinski definition) is 4. The highest BCUT2D eigenvalue weighted by molar-refractivity contribution is 7.13. The number of rotatable bonds is 2. The molecule has 0 aliphatic rings. The van der Waals surface area contributed by atoms with Crippen LogP contribution in [0.15, 0.2) is 53.9 Å². The van der Waals surface area contributed by atoms with Crippen molar-refractivity contribution in [2.24, 2.45) is 0 Å². The first-order chi connectivity index (χ1) is 8.83. The van der Waals surface area contributed by atoms with Gasteiger partial charge in [-0.25, -0.2) is 9.97 Å². The highest BCUT2D eigenvalue weighted by Crippen LogP contribution is 2.27. The van der Waals surface area contributed by atoms with Crippen molar-refractivity contribution in [3.05, 3.63) is 53.9 Å². The molecule has 0 saturated carbocycles. The molecular formula is C14H11N3S. The number of aromatic nitrogens is 2. The monoisotopic (exact) mass is 253 g/mol. The lowest BCUT2D eigenvalue weighted by molar-refractivity contribution is 1.20. The van der Waals surface area contributed by atoms with Crippen molar-refractivity contribution >= 4 is 17.3 Å². The zero-order valence-electron chi connectivity index (χ0n) is 9.58. The number of anilines is 1. The fourth-order valence-electron chi connectivity index (χ4n) is 1.77. The summed E-state index contributed by atoms with van der Waals surface area (Å²) < 4.78 is 0. The van der Waals surface area contributed by atoms with Crippen molar-refractivity contribution in [2.45, 2.75) is 0 Å². The van der Waals surface area contributed by atoms with Crippen LogP contribution in [0.5, 0.6) is 0 Å². The normalized spacial score (nSPS) is 10.4. The molecule has 0 bridgehead atoms. The van der Waals surface area contributed by atoms with Crippen molar-refractivity contribution in [1.29, 1.82) is 0 Å². The Morgan fingerprint density at radius 3 is 2.39 bits per heavy atom. The van der Waals surface area contributed by atoms with E-state index in [0.29, 0.717) is 5.95 Å². The summed E-state index contributed by atoms with van der Waals surface area (Å²) in [4.78, 5) is 9.66. The van der Waals surface area contributed by atoms with Gasteiger partial charge in [-0.15, -0.1) is 11.3 Å². The standard InChI is InChI=1S/C14H11N3S/c15-14-16-11(10-5-2-1-3-6-10)9-12(17-14)13-7-4-8-18-13/h1-9H,(H2,15,16,17). The molecule has 4 heteroatoms. The van der Waals surface area contributed by atoms with E-state index < -0.39 is 0 Å². The number of hydrogen-bond donors (Lipinski definition) is 1. The molecule has 0 amide bonds. The zero-order valence-corrected chi connectivity index (χ0v) is 10.4. The van der Waals surface area contributed by atoms with Gasteiger partial charge in [-0.1, -0.05) is 36.4 Å². The molecule has 0 saturated heterocycles. The molecule has 3 rings (SSSR count). The van der Waals surface area contributed by atoms with Crippen LogP contribution in [0, 0.1) is 0 Å². The average molecular weight is 253 g/mol. The molecule has 18 heavy (non-hydrogen) atoms. The molecule has 0 unspecified atom stereocenters. The predicted octanol–water partition coefficient (Wildman–Crippen LogP) is 3.45. The Kier molecular flexibility index (Phi) is 2.78. The summed E-state index contributed by atoms with van der Waals surface area (Å²) in [6, 6.07) is 16.0. The molecular weight excluding hydrogens is 242 g/mol. The van der Waals surface area contributed by atoms with Crippen LogP contribution < -0.4 is 5.73 Å². The summed E-state index contributed by atoms with van der Waals surface area (Å²) in [5.41, 5.74) is 8.56. The van der Waals surface area contributed by atoms with Crippen molar-refractivity contribution in [2.75, 3.05) is 5.73 Å². The maximum absolute atomic E-state index is 5.79. The minimum Gasteiger partial charge on any atom is -0.368 e. The minimum absolute atomic E-state index is 0.305. The second-order valence-electron chi connectivity index (χ2n) is 3.84. The van der Waals surface area contributed by atoms with Gasteiger partial charge < -0.3 is 5.73 Å². The van der Waals surface area contributed by atoms with E-state index in [9.17, 15) is 0 Å². The van der Waals surface area contributed by atoms with Crippen LogP contribution in [0.25, 0.3) is 21.8 Å². The van der Waals surface area contributed by atoms with E-state index in [0.717, 1.165) is 21.8 Å². The first-order valence-corrected chi connectivity index (χ1v) is 6.45. The van der Waals surface area contributed by atoms with Crippen molar-refractivity contribution in [1.82, 2.24) is 9.97 Å². The topological polar surface area (TPSA) is 51.8 Å². The summed E-state index contributed by atoms with van der Waals surface area (Å²) in [6.45, 7) is 0. The maximum Gasteiger partial charge on any atom is 0.221 e. The predicted molar refractivity (Wildman–Crippen MR) is 75.2 cm³/mol. The molecule has 3 aromatic rings. The third-order valence-corrected chi connectivity index (χ3v) is 3.48. The number of nitrogens with two attached hydrogens (primary N) is 1. The zero-order chi connectivity index (χ0) is 12.4. The van der Waals surface area contributed by atoms with Crippen molar-refractivity contribution in [3.8, 4) is 21.8 Å². The van der Waals surface area contributed by atoms with E-state index in [1.807, 2.05) is 53.9 Å². The number of nitrogens with zero attached hydrogens (tertiary/aromatic N) is 2. The molecule has 0 spiro atoms. The quantitative estimate of drug-likeness (QED) is 0.761. The Balaban J connectivity index is 2.12. The fourth-order valence-corrected chi connectivity index (χ4v) is 2.46. The number of nitrogen functional groups attached to an aromatic ring is 1. The average Bonchev–Trinajstić information content (AvgIpc) is 2.93. The van der Waals surface area contributed by atoms with E-state index in [4.69, 9.17) is 5.73 Å². The van der Waals surface area contributed by atoms with E-state index in [1.165, 1.54) is 0 Å². The summed E-state index contributed by atoms with van der Waals surface area (Å²) in [5.74, 6) is 0.305. The molecule has 0 aliphatic carbocycles. The molecule has 2 aromatic heterocycles. The maximum atomic E-state index is 5.79. The lowest BCUT2D eigenvalue weighted by Gasteiger charge is -2.04. The van der Waals surface area contributed by atoms with Gasteiger partial charge in [0.2, 0.25) is 5.95 Å². The van der Waals surface area contributed by atoms with Gasteiger partial charge in [0, 0.05) is 5.56 Å². The minimum atomic E-state index is 0.305. The Morgan fingerprint density at radius 2 is 1.67 bits per heavy atom. The number of thiophene rings is 1. The summed E-state index contributed by atoms with van der Waals surface area (Å²) in [6.07, 6.45) is 0. The van der Waals surface area contributed by atoms with Crippen LogP contribution >= 0.6 is 11.3 Å². The molecule has 88 valence electrons. The molecule has 0 radical (unpaired) electrons. The smallest absolute Gasteiger partial charge is 0.221 e. The van der Waals surface area contributed by atoms with Crippen LogP contribution in [0.2, 0.25) is 0 Å². The van der Waals surface area contributed by atoms with Crippen LogP contribution in [0.3, 0.4) is 0 Å². The first kappa shape index (κ1) is 10.9. The summed E-state index contributed by atoms with van der Waals surface area (Å²) in [5, 5.41) is 2.02. The highest BCUT2D eigenvalue weighted by Gasteiger charge is 2.07. The molecule has 2 N–H and O–H groups in total. The molecule has 0 atom stereocenters. The Labute approximate surface area is 109 Å². The van der Waals surface area contributed by atoms with Gasteiger partial charge in [-0.05, 0) is 17.5 Å². The lowest BCUT2D eigenvalue weighted by Crippen LogP contribution is -1.97. The van der Waals surface area contributed by atoms with Crippen LogP contribution in [0.4, 0.5) is 5.95 Å². The highest BCUT2D eigenvalue weighted by atomic mass is 32.1. The van der Waals surface area contributed by atoms with Crippen molar-refractivity contribution < 1.29 is 0 Å². The second-order valence-corrected chi connectivity index (χ2v) is 4.79. The van der Waals surface area contributed by atoms with Gasteiger partial charge in [-0.2, -0.15) is 0 Å². The van der Waals surface area contributed by atoms with Crippen LogP contribution in [0.1, 0.15) is 0 Å². The second kappa shape index (κ2) is 4.58. The number of benzene rings is 1. The molecule has 2 heterocycles. The first-order valence-electron chi connectivity index (χ1n) is 5.57. The van der Waals surface area contributed by atoms with Gasteiger partial charge in [0.1, 0.15) is 0 Å². The summed E-state index contributed by atoms with van der Waals surface area (Å²) in [7, 11) is 0. The van der Waals surface area contributed by atoms with Crippen molar-refractivity contribution in [3.63, 3.8) is 0 Å². The Bertz CT molecular complexity index is 648. The molecule has 1 aromatic carbocycles. The van der Waals surface area contributed by atoms with Crippen LogP contribution in [-0.4, -0.2) is 9.97 Å². The third kappa shape index (κ3) is 2.10. The van der Waals surface area contributed by atoms with Gasteiger partial charge in [0.25, 0.3) is 0 Å². The van der Waals surface area contributed by atoms with E-state index in [2.05, 4.69) is 9.97 Å². The van der Waals surface area contributed by atoms with Gasteiger partial charge in [-0.3, -0.25) is 0 Å². The SMILES string of the molecule is Nc1nc(-c2ccccc2)cc(-c2cccs2)n1. The van der Waals surface area contributed by atoms with Gasteiger partial charge in [0.15, 0.2) is 0 Å². The Hall–Kier alpha value is -2.20. The van der Waals surface area contributed by atoms with Gasteiger partial charge in [0.05, 0.1) is 16.3 Å². The van der Waals surface area contributed by atoms with E-state index in [1.54, 1.807) is 11.3 Å². The summed E-state index contributed by atoms with van der Waals surface area (Å²) >= 11 is 1.64. The molecule has 0 aliphatic heterocycles. The fraction of sp³-hybridized carbons (Fsp3) is 0. The van der Waals surface area contributed by atoms with E-state index >= 15 is 0 Å². The van der Waals surface area contributed by atoms with Gasteiger partial charge >= 0.3 is 0 Å². The molecule has 3 nitrogen and oxygen atoms in total. The van der Waals surface area contributed by atoms with E-state index in [-0.39, 0.29) is 0 Å². The molecule has 0 fully saturated rings. The lowest BCUT2D eigenvalue weighted by atomic mass is 10.1. The largest absolute Gasteiger partial charge is 0.368 e.